The molecule has 0 N–H and O–H groups in total. The number of rotatable bonds is 6. The topological polar surface area (TPSA) is 72.7 Å². The number of likely N-dealkylation sites (N-methyl/N-ethyl adjacent to an activating group) is 1. The predicted octanol–water partition coefficient (Wildman–Crippen LogP) is 6.27. The number of carbonyl (C=O) groups is 1. The molecule has 10 heteroatoms. The van der Waals surface area contributed by atoms with Gasteiger partial charge in [-0.3, -0.25) is 9.69 Å². The Morgan fingerprint density at radius 1 is 1.18 bits per heavy atom. The van der Waals surface area contributed by atoms with Crippen LogP contribution in [0, 0.1) is 11.3 Å². The molecule has 3 aliphatic rings. The van der Waals surface area contributed by atoms with Gasteiger partial charge in [-0.2, -0.15) is 5.26 Å². The number of ether oxygens (including phenoxy) is 1. The third-order valence-electron chi connectivity index (χ3n) is 9.33. The summed E-state index contributed by atoms with van der Waals surface area (Å²) in [5, 5.41) is 13.8. The van der Waals surface area contributed by atoms with Crippen LogP contribution in [0.1, 0.15) is 18.4 Å². The molecular weight excluding hydrogens is 584 g/mol. The number of likely N-dealkylation sites (tertiary alicyclic amines) is 2. The lowest BCUT2D eigenvalue weighted by molar-refractivity contribution is -0.130. The number of anilines is 1. The Kier molecular flexibility index (Phi) is 7.14. The summed E-state index contributed by atoms with van der Waals surface area (Å²) >= 11 is 6.65. The summed E-state index contributed by atoms with van der Waals surface area (Å²) < 4.78 is 34.1. The molecule has 0 unspecified atom stereocenters. The van der Waals surface area contributed by atoms with Crippen LogP contribution in [-0.4, -0.2) is 78.3 Å². The Balaban J connectivity index is 1.33. The van der Waals surface area contributed by atoms with Crippen molar-refractivity contribution in [3.8, 4) is 23.1 Å². The van der Waals surface area contributed by atoms with Crippen LogP contribution in [0.3, 0.4) is 0 Å². The molecule has 0 saturated carbocycles. The highest BCUT2D eigenvalue weighted by Gasteiger charge is 2.50. The van der Waals surface area contributed by atoms with Gasteiger partial charge in [0, 0.05) is 41.5 Å². The van der Waals surface area contributed by atoms with Crippen LogP contribution in [0.25, 0.3) is 32.8 Å². The molecule has 7 rings (SSSR count). The van der Waals surface area contributed by atoms with Crippen LogP contribution in [0.5, 0.6) is 5.88 Å². The van der Waals surface area contributed by atoms with Gasteiger partial charge in [0.15, 0.2) is 5.83 Å². The average Bonchev–Trinajstić information content (AvgIpc) is 3.51. The number of pyridine rings is 1. The van der Waals surface area contributed by atoms with E-state index in [1.165, 1.54) is 4.90 Å². The molecule has 0 aliphatic carbocycles. The normalized spacial score (nSPS) is 23.1. The van der Waals surface area contributed by atoms with Gasteiger partial charge in [0.25, 0.3) is 5.91 Å². The first-order valence-electron chi connectivity index (χ1n) is 14.7. The Morgan fingerprint density at radius 2 is 1.98 bits per heavy atom. The van der Waals surface area contributed by atoms with E-state index >= 15 is 0 Å². The molecule has 0 spiro atoms. The van der Waals surface area contributed by atoms with Crippen LogP contribution < -0.4 is 9.64 Å². The third-order valence-corrected chi connectivity index (χ3v) is 9.64. The smallest absolute Gasteiger partial charge is 0.282 e. The van der Waals surface area contributed by atoms with Crippen molar-refractivity contribution in [2.45, 2.75) is 37.1 Å². The van der Waals surface area contributed by atoms with Crippen molar-refractivity contribution in [2.24, 2.45) is 0 Å². The second-order valence-corrected chi connectivity index (χ2v) is 12.3. The van der Waals surface area contributed by atoms with Crippen LogP contribution in [-0.2, 0) is 4.79 Å². The summed E-state index contributed by atoms with van der Waals surface area (Å²) in [6, 6.07) is 19.7. The van der Waals surface area contributed by atoms with E-state index in [9.17, 15) is 18.8 Å². The standard InChI is InChI=1S/C34H30ClF2N5O2/c1-19(36)34(43)41-12-11-29-30(41)17-42(29)32-25-10-9-21(24-7-3-5-20-6-4-8-27(35)31(20)24)13-28(25)39-33(26(32)15-38)44-18-23-14-22(37)16-40(23)2/h3-10,13,22-23,29-30H,1,11-12,14,16-18H2,2H3/t22-,23+,29-,30-/m1/s1. The minimum absolute atomic E-state index is 0.0892. The van der Waals surface area contributed by atoms with E-state index in [1.807, 2.05) is 66.5 Å². The highest BCUT2D eigenvalue weighted by Crippen LogP contribution is 2.45. The Morgan fingerprint density at radius 3 is 2.70 bits per heavy atom. The highest BCUT2D eigenvalue weighted by atomic mass is 35.5. The first kappa shape index (κ1) is 28.5. The SMILES string of the molecule is C=C(F)C(=O)N1CC[C@@H]2[C@H]1CN2c1c(C#N)c(OC[C@@H]2C[C@@H](F)CN2C)nc2cc(-c3cccc4cccc(Cl)c34)ccc12. The van der Waals surface area contributed by atoms with Crippen molar-refractivity contribution in [1.82, 2.24) is 14.8 Å². The second-order valence-electron chi connectivity index (χ2n) is 11.8. The number of hydrogen-bond donors (Lipinski definition) is 0. The van der Waals surface area contributed by atoms with Crippen molar-refractivity contribution in [3.05, 3.63) is 77.6 Å². The summed E-state index contributed by atoms with van der Waals surface area (Å²) in [4.78, 5) is 22.8. The summed E-state index contributed by atoms with van der Waals surface area (Å²) in [7, 11) is 1.86. The minimum Gasteiger partial charge on any atom is -0.475 e. The summed E-state index contributed by atoms with van der Waals surface area (Å²) in [5.74, 6) is -1.47. The van der Waals surface area contributed by atoms with Crippen molar-refractivity contribution < 1.29 is 18.3 Å². The van der Waals surface area contributed by atoms with Crippen LogP contribution >= 0.6 is 11.6 Å². The van der Waals surface area contributed by atoms with Gasteiger partial charge < -0.3 is 14.5 Å². The molecule has 1 amide bonds. The number of aromatic nitrogens is 1. The lowest BCUT2D eigenvalue weighted by Crippen LogP contribution is -2.63. The monoisotopic (exact) mass is 613 g/mol. The molecule has 3 aromatic carbocycles. The molecule has 0 bridgehead atoms. The van der Waals surface area contributed by atoms with Gasteiger partial charge >= 0.3 is 0 Å². The van der Waals surface area contributed by atoms with E-state index in [0.29, 0.717) is 48.7 Å². The van der Waals surface area contributed by atoms with Crippen LogP contribution in [0.15, 0.2) is 67.0 Å². The fourth-order valence-electron chi connectivity index (χ4n) is 7.10. The van der Waals surface area contributed by atoms with Crippen molar-refractivity contribution in [1.29, 1.82) is 5.26 Å². The number of nitrogens with zero attached hydrogens (tertiary/aromatic N) is 5. The number of benzene rings is 3. The molecule has 224 valence electrons. The van der Waals surface area contributed by atoms with E-state index in [-0.39, 0.29) is 36.2 Å². The third kappa shape index (κ3) is 4.64. The van der Waals surface area contributed by atoms with Gasteiger partial charge in [-0.15, -0.1) is 0 Å². The largest absolute Gasteiger partial charge is 0.475 e. The lowest BCUT2D eigenvalue weighted by Gasteiger charge is -2.48. The van der Waals surface area contributed by atoms with Crippen LogP contribution in [0.4, 0.5) is 14.5 Å². The first-order chi connectivity index (χ1) is 21.2. The number of hydrogen-bond acceptors (Lipinski definition) is 6. The number of halogens is 3. The Bertz CT molecular complexity index is 1870. The molecule has 4 aromatic rings. The van der Waals surface area contributed by atoms with E-state index in [0.717, 1.165) is 27.3 Å². The van der Waals surface area contributed by atoms with E-state index < -0.39 is 17.9 Å². The quantitative estimate of drug-likeness (QED) is 0.239. The fourth-order valence-corrected chi connectivity index (χ4v) is 7.38. The van der Waals surface area contributed by atoms with Gasteiger partial charge in [0.05, 0.1) is 23.3 Å². The van der Waals surface area contributed by atoms with Crippen molar-refractivity contribution in [2.75, 3.05) is 38.2 Å². The number of carbonyl (C=O) groups excluding carboxylic acids is 1. The zero-order valence-corrected chi connectivity index (χ0v) is 24.9. The molecule has 3 aliphatic heterocycles. The average molecular weight is 614 g/mol. The minimum atomic E-state index is -0.972. The van der Waals surface area contributed by atoms with Crippen molar-refractivity contribution >= 4 is 44.9 Å². The molecule has 4 heterocycles. The molecule has 3 fully saturated rings. The number of fused-ring (bicyclic) bond motifs is 3. The van der Waals surface area contributed by atoms with E-state index in [1.54, 1.807) is 0 Å². The predicted molar refractivity (Wildman–Crippen MR) is 167 cm³/mol. The molecule has 3 saturated heterocycles. The zero-order chi connectivity index (χ0) is 30.7. The Hall–Kier alpha value is -4.26. The van der Waals surface area contributed by atoms with Gasteiger partial charge in [-0.25, -0.2) is 13.8 Å². The van der Waals surface area contributed by atoms with Gasteiger partial charge in [-0.05, 0) is 48.5 Å². The van der Waals surface area contributed by atoms with Gasteiger partial charge in [-0.1, -0.05) is 60.6 Å². The summed E-state index contributed by atoms with van der Waals surface area (Å²) in [6.07, 6.45) is 0.0572. The lowest BCUT2D eigenvalue weighted by atomic mass is 9.92. The first-order valence-corrected chi connectivity index (χ1v) is 15.1. The maximum absolute atomic E-state index is 14.1. The van der Waals surface area contributed by atoms with Gasteiger partial charge in [0.2, 0.25) is 5.88 Å². The number of nitriles is 1. The fraction of sp³-hybridized carbons (Fsp3) is 0.324. The molecule has 1 aromatic heterocycles. The molecular formula is C34H30ClF2N5O2. The number of alkyl halides is 1. The van der Waals surface area contributed by atoms with E-state index in [2.05, 4.69) is 17.5 Å². The number of amides is 1. The molecule has 7 nitrogen and oxygen atoms in total. The molecule has 0 radical (unpaired) electrons. The van der Waals surface area contributed by atoms with Crippen molar-refractivity contribution in [3.63, 3.8) is 0 Å². The summed E-state index contributed by atoms with van der Waals surface area (Å²) in [6.45, 7) is 4.56. The van der Waals surface area contributed by atoms with Gasteiger partial charge in [0.1, 0.15) is 24.4 Å². The Labute approximate surface area is 258 Å². The molecule has 44 heavy (non-hydrogen) atoms. The highest BCUT2D eigenvalue weighted by molar-refractivity contribution is 6.36. The second kappa shape index (κ2) is 11.0. The maximum atomic E-state index is 14.1. The summed E-state index contributed by atoms with van der Waals surface area (Å²) in [5.41, 5.74) is 3.45. The maximum Gasteiger partial charge on any atom is 0.282 e. The zero-order valence-electron chi connectivity index (χ0n) is 24.1. The van der Waals surface area contributed by atoms with Crippen LogP contribution in [0.2, 0.25) is 5.02 Å². The van der Waals surface area contributed by atoms with E-state index in [4.69, 9.17) is 21.3 Å². The molecule has 4 atom stereocenters.